The maximum atomic E-state index is 12.2. The van der Waals surface area contributed by atoms with E-state index in [0.29, 0.717) is 0 Å². The number of para-hydroxylation sites is 2. The second-order valence-corrected chi connectivity index (χ2v) is 9.00. The molecule has 2 aromatic carbocycles. The quantitative estimate of drug-likeness (QED) is 0.736. The van der Waals surface area contributed by atoms with Gasteiger partial charge in [0.1, 0.15) is 5.75 Å². The molecule has 5 heteroatoms. The topological polar surface area (TPSA) is 53.0 Å². The van der Waals surface area contributed by atoms with Crippen molar-refractivity contribution in [1.29, 1.82) is 0 Å². The van der Waals surface area contributed by atoms with Gasteiger partial charge in [0, 0.05) is 31.7 Å². The number of benzene rings is 2. The van der Waals surface area contributed by atoms with Gasteiger partial charge in [-0.25, -0.2) is 0 Å². The van der Waals surface area contributed by atoms with E-state index in [1.165, 1.54) is 5.56 Å². The van der Waals surface area contributed by atoms with Crippen LogP contribution < -0.4 is 9.64 Å². The van der Waals surface area contributed by atoms with Crippen LogP contribution in [0.25, 0.3) is 0 Å². The van der Waals surface area contributed by atoms with Crippen molar-refractivity contribution < 1.29 is 14.6 Å². The van der Waals surface area contributed by atoms with Crippen LogP contribution in [-0.4, -0.2) is 49.3 Å². The predicted molar refractivity (Wildman–Crippen MR) is 124 cm³/mol. The van der Waals surface area contributed by atoms with Gasteiger partial charge in [0.05, 0.1) is 18.7 Å². The number of carboxylic acid groups (broad SMARTS) is 1. The maximum absolute atomic E-state index is 12.2. The molecule has 0 bridgehead atoms. The Kier molecular flexibility index (Phi) is 6.51. The van der Waals surface area contributed by atoms with E-state index in [9.17, 15) is 9.90 Å². The molecule has 1 heterocycles. The fraction of sp³-hybridized carbons (Fsp3) is 0.500. The first-order chi connectivity index (χ1) is 15.1. The summed E-state index contributed by atoms with van der Waals surface area (Å²) in [5.41, 5.74) is 2.07. The molecule has 1 saturated heterocycles. The molecule has 0 radical (unpaired) electrons. The van der Waals surface area contributed by atoms with Crippen LogP contribution >= 0.6 is 0 Å². The van der Waals surface area contributed by atoms with E-state index in [1.54, 1.807) is 7.11 Å². The molecule has 1 saturated carbocycles. The van der Waals surface area contributed by atoms with Gasteiger partial charge in [-0.3, -0.25) is 9.69 Å². The summed E-state index contributed by atoms with van der Waals surface area (Å²) < 4.78 is 5.58. The molecule has 31 heavy (non-hydrogen) atoms. The standard InChI is InChI=1S/C26H34N2O3/c1-26(20-10-4-3-5-11-20,22-13-7-6-12-21(22)25(29)30)28-18-16-27(17-19-28)23-14-8-9-15-24(23)31-2/h3-5,8-11,14-15,21-22H,6-7,12-13,16-19H2,1-2H3,(H,29,30). The highest BCUT2D eigenvalue weighted by molar-refractivity contribution is 5.71. The minimum Gasteiger partial charge on any atom is -0.495 e. The number of aliphatic carboxylic acids is 1. The fourth-order valence-electron chi connectivity index (χ4n) is 5.81. The molecule has 1 aliphatic heterocycles. The van der Waals surface area contributed by atoms with Crippen LogP contribution in [0.4, 0.5) is 5.69 Å². The zero-order chi connectivity index (χ0) is 21.8. The molecule has 0 aromatic heterocycles. The number of carboxylic acids is 1. The van der Waals surface area contributed by atoms with Crippen molar-refractivity contribution in [2.75, 3.05) is 38.2 Å². The first-order valence-corrected chi connectivity index (χ1v) is 11.5. The predicted octanol–water partition coefficient (Wildman–Crippen LogP) is 4.62. The van der Waals surface area contributed by atoms with Crippen LogP contribution in [0.1, 0.15) is 38.2 Å². The lowest BCUT2D eigenvalue weighted by Crippen LogP contribution is -2.59. The third-order valence-corrected chi connectivity index (χ3v) is 7.53. The monoisotopic (exact) mass is 422 g/mol. The van der Waals surface area contributed by atoms with Gasteiger partial charge in [0.25, 0.3) is 0 Å². The van der Waals surface area contributed by atoms with Crippen molar-refractivity contribution in [2.45, 2.75) is 38.1 Å². The van der Waals surface area contributed by atoms with Crippen molar-refractivity contribution in [3.8, 4) is 5.75 Å². The molecular weight excluding hydrogens is 388 g/mol. The van der Waals surface area contributed by atoms with Crippen LogP contribution in [0.5, 0.6) is 5.75 Å². The molecule has 3 unspecified atom stereocenters. The Morgan fingerprint density at radius 3 is 2.29 bits per heavy atom. The van der Waals surface area contributed by atoms with E-state index in [0.717, 1.165) is 63.3 Å². The van der Waals surface area contributed by atoms with Gasteiger partial charge in [0.2, 0.25) is 0 Å². The third-order valence-electron chi connectivity index (χ3n) is 7.53. The zero-order valence-corrected chi connectivity index (χ0v) is 18.7. The average molecular weight is 423 g/mol. The molecule has 2 fully saturated rings. The van der Waals surface area contributed by atoms with E-state index in [1.807, 2.05) is 18.2 Å². The summed E-state index contributed by atoms with van der Waals surface area (Å²) in [7, 11) is 1.72. The largest absolute Gasteiger partial charge is 0.495 e. The number of anilines is 1. The van der Waals surface area contributed by atoms with Gasteiger partial charge < -0.3 is 14.7 Å². The highest BCUT2D eigenvalue weighted by Gasteiger charge is 2.48. The van der Waals surface area contributed by atoms with Crippen molar-refractivity contribution in [3.63, 3.8) is 0 Å². The van der Waals surface area contributed by atoms with Crippen molar-refractivity contribution in [1.82, 2.24) is 4.90 Å². The lowest BCUT2D eigenvalue weighted by atomic mass is 9.65. The zero-order valence-electron chi connectivity index (χ0n) is 18.7. The van der Waals surface area contributed by atoms with Crippen molar-refractivity contribution in [2.24, 2.45) is 11.8 Å². The summed E-state index contributed by atoms with van der Waals surface area (Å²) in [6, 6.07) is 18.7. The number of nitrogens with zero attached hydrogens (tertiary/aromatic N) is 2. The highest BCUT2D eigenvalue weighted by atomic mass is 16.5. The average Bonchev–Trinajstić information content (AvgIpc) is 2.84. The molecule has 2 aromatic rings. The van der Waals surface area contributed by atoms with Crippen LogP contribution in [0.15, 0.2) is 54.6 Å². The summed E-state index contributed by atoms with van der Waals surface area (Å²) in [4.78, 5) is 17.1. The van der Waals surface area contributed by atoms with Crippen LogP contribution in [0, 0.1) is 11.8 Å². The number of hydrogen-bond acceptors (Lipinski definition) is 4. The second-order valence-electron chi connectivity index (χ2n) is 9.00. The van der Waals surface area contributed by atoms with E-state index < -0.39 is 5.97 Å². The Bertz CT molecular complexity index is 879. The van der Waals surface area contributed by atoms with Gasteiger partial charge in [-0.15, -0.1) is 0 Å². The van der Waals surface area contributed by atoms with E-state index >= 15 is 0 Å². The summed E-state index contributed by atoms with van der Waals surface area (Å²) in [6.45, 7) is 5.87. The number of rotatable bonds is 6. The number of piperazine rings is 1. The van der Waals surface area contributed by atoms with Gasteiger partial charge >= 0.3 is 5.97 Å². The molecule has 2 aliphatic rings. The Hall–Kier alpha value is -2.53. The lowest BCUT2D eigenvalue weighted by Gasteiger charge is -2.53. The van der Waals surface area contributed by atoms with Gasteiger partial charge in [-0.05, 0) is 43.4 Å². The number of carbonyl (C=O) groups is 1. The van der Waals surface area contributed by atoms with Gasteiger partial charge in [0.15, 0.2) is 0 Å². The Balaban J connectivity index is 1.62. The smallest absolute Gasteiger partial charge is 0.306 e. The fourth-order valence-corrected chi connectivity index (χ4v) is 5.81. The first-order valence-electron chi connectivity index (χ1n) is 11.5. The Morgan fingerprint density at radius 2 is 1.61 bits per heavy atom. The maximum Gasteiger partial charge on any atom is 0.306 e. The molecule has 0 spiro atoms. The normalized spacial score (nSPS) is 24.4. The van der Waals surface area contributed by atoms with Gasteiger partial charge in [-0.1, -0.05) is 55.3 Å². The molecular formula is C26H34N2O3. The molecule has 1 aliphatic carbocycles. The summed E-state index contributed by atoms with van der Waals surface area (Å²) in [5.74, 6) is 0.0877. The SMILES string of the molecule is COc1ccccc1N1CCN(C(C)(c2ccccc2)C2CCCCC2C(=O)O)CC1. The molecule has 4 rings (SSSR count). The first kappa shape index (κ1) is 21.7. The van der Waals surface area contributed by atoms with Gasteiger partial charge in [-0.2, -0.15) is 0 Å². The number of methoxy groups -OCH3 is 1. The third kappa shape index (κ3) is 4.16. The van der Waals surface area contributed by atoms with E-state index in [4.69, 9.17) is 4.74 Å². The minimum absolute atomic E-state index is 0.110. The number of hydrogen-bond donors (Lipinski definition) is 1. The summed E-state index contributed by atoms with van der Waals surface area (Å²) in [5, 5.41) is 10.0. The molecule has 0 amide bonds. The van der Waals surface area contributed by atoms with Crippen LogP contribution in [0.3, 0.4) is 0 Å². The molecule has 1 N–H and O–H groups in total. The lowest BCUT2D eigenvalue weighted by molar-refractivity contribution is -0.148. The molecule has 3 atom stereocenters. The Morgan fingerprint density at radius 1 is 0.968 bits per heavy atom. The van der Waals surface area contributed by atoms with Crippen LogP contribution in [-0.2, 0) is 10.3 Å². The second kappa shape index (κ2) is 9.31. The molecule has 5 nitrogen and oxygen atoms in total. The summed E-state index contributed by atoms with van der Waals surface area (Å²) in [6.07, 6.45) is 3.87. The van der Waals surface area contributed by atoms with E-state index in [-0.39, 0.29) is 17.4 Å². The summed E-state index contributed by atoms with van der Waals surface area (Å²) >= 11 is 0. The van der Waals surface area contributed by atoms with Crippen molar-refractivity contribution in [3.05, 3.63) is 60.2 Å². The van der Waals surface area contributed by atoms with E-state index in [2.05, 4.69) is 53.1 Å². The van der Waals surface area contributed by atoms with Crippen LogP contribution in [0.2, 0.25) is 0 Å². The number of ether oxygens (including phenoxy) is 1. The van der Waals surface area contributed by atoms with Crippen molar-refractivity contribution >= 4 is 11.7 Å². The minimum atomic E-state index is -0.639. The Labute approximate surface area is 185 Å². The highest BCUT2D eigenvalue weighted by Crippen LogP contribution is 2.47. The molecule has 166 valence electrons.